The fourth-order valence-electron chi connectivity index (χ4n) is 1.93. The average Bonchev–Trinajstić information content (AvgIpc) is 2.27. The number of sulfonamides is 1. The van der Waals surface area contributed by atoms with E-state index in [0.717, 1.165) is 6.07 Å². The average molecular weight is 286 g/mol. The largest absolute Gasteiger partial charge is 0.396 e. The second-order valence-corrected chi connectivity index (χ2v) is 6.51. The van der Waals surface area contributed by atoms with Gasteiger partial charge in [-0.15, -0.1) is 0 Å². The minimum absolute atomic E-state index is 0.0461. The molecule has 0 atom stereocenters. The van der Waals surface area contributed by atoms with Crippen LogP contribution in [0.15, 0.2) is 23.1 Å². The molecule has 0 spiro atoms. The molecule has 1 fully saturated rings. The minimum Gasteiger partial charge on any atom is -0.396 e. The number of hydrogen-bond acceptors (Lipinski definition) is 5. The molecule has 0 aromatic heterocycles. The summed E-state index contributed by atoms with van der Waals surface area (Å²) in [6, 6.07) is 3.87. The molecule has 1 aromatic carbocycles. The van der Waals surface area contributed by atoms with Gasteiger partial charge in [-0.3, -0.25) is 10.1 Å². The van der Waals surface area contributed by atoms with Gasteiger partial charge in [0, 0.05) is 37.2 Å². The van der Waals surface area contributed by atoms with E-state index in [1.165, 1.54) is 16.4 Å². The van der Waals surface area contributed by atoms with E-state index >= 15 is 0 Å². The standard InChI is InChI=1S/C11H14N2O5S/c1-8-2-3-10(4-11(8)13(15)16)19(17,18)12-5-9(6-12)7-14/h2-4,9,14H,5-7H2,1H3. The lowest BCUT2D eigenvalue weighted by atomic mass is 10.1. The van der Waals surface area contributed by atoms with Crippen LogP contribution in [0.4, 0.5) is 5.69 Å². The molecule has 1 heterocycles. The smallest absolute Gasteiger partial charge is 0.273 e. The Bertz CT molecular complexity index is 608. The Morgan fingerprint density at radius 1 is 1.47 bits per heavy atom. The summed E-state index contributed by atoms with van der Waals surface area (Å²) in [6.45, 7) is 2.00. The quantitative estimate of drug-likeness (QED) is 0.642. The molecule has 1 aliphatic rings. The fraction of sp³-hybridized carbons (Fsp3) is 0.455. The predicted octanol–water partition coefficient (Wildman–Crippen LogP) is 0.516. The summed E-state index contributed by atoms with van der Waals surface area (Å²) >= 11 is 0. The van der Waals surface area contributed by atoms with Crippen LogP contribution in [0.5, 0.6) is 0 Å². The Hall–Kier alpha value is -1.51. The molecule has 1 N–H and O–H groups in total. The molecule has 7 nitrogen and oxygen atoms in total. The van der Waals surface area contributed by atoms with Crippen LogP contribution in [0.2, 0.25) is 0 Å². The molecule has 0 bridgehead atoms. The first-order valence-electron chi connectivity index (χ1n) is 5.72. The maximum atomic E-state index is 12.2. The number of nitro groups is 1. The van der Waals surface area contributed by atoms with Gasteiger partial charge in [0.25, 0.3) is 5.69 Å². The number of hydrogen-bond donors (Lipinski definition) is 1. The van der Waals surface area contributed by atoms with Crippen molar-refractivity contribution in [3.05, 3.63) is 33.9 Å². The Morgan fingerprint density at radius 2 is 2.11 bits per heavy atom. The normalized spacial score (nSPS) is 17.2. The van der Waals surface area contributed by atoms with Gasteiger partial charge in [0.2, 0.25) is 10.0 Å². The molecule has 0 aliphatic carbocycles. The zero-order valence-electron chi connectivity index (χ0n) is 10.3. The first kappa shape index (κ1) is 13.9. The van der Waals surface area contributed by atoms with Crippen molar-refractivity contribution >= 4 is 15.7 Å². The van der Waals surface area contributed by atoms with Crippen LogP contribution in [0, 0.1) is 23.0 Å². The highest BCUT2D eigenvalue weighted by Crippen LogP contribution is 2.28. The summed E-state index contributed by atoms with van der Waals surface area (Å²) in [5.41, 5.74) is 0.209. The van der Waals surface area contributed by atoms with Crippen LogP contribution in [-0.4, -0.2) is 42.4 Å². The topological polar surface area (TPSA) is 101 Å². The molecule has 0 saturated carbocycles. The van der Waals surface area contributed by atoms with Crippen molar-refractivity contribution in [2.75, 3.05) is 19.7 Å². The lowest BCUT2D eigenvalue weighted by molar-refractivity contribution is -0.385. The van der Waals surface area contributed by atoms with Crippen LogP contribution < -0.4 is 0 Å². The van der Waals surface area contributed by atoms with E-state index in [4.69, 9.17) is 5.11 Å². The van der Waals surface area contributed by atoms with Crippen LogP contribution in [0.1, 0.15) is 5.56 Å². The van der Waals surface area contributed by atoms with Crippen LogP contribution in [-0.2, 0) is 10.0 Å². The summed E-state index contributed by atoms with van der Waals surface area (Å²) in [7, 11) is -3.70. The Kier molecular flexibility index (Phi) is 3.57. The number of benzene rings is 1. The van der Waals surface area contributed by atoms with Gasteiger partial charge >= 0.3 is 0 Å². The second kappa shape index (κ2) is 4.87. The van der Waals surface area contributed by atoms with E-state index in [-0.39, 0.29) is 36.2 Å². The van der Waals surface area contributed by atoms with Crippen LogP contribution in [0.3, 0.4) is 0 Å². The van der Waals surface area contributed by atoms with E-state index in [2.05, 4.69) is 0 Å². The fourth-order valence-corrected chi connectivity index (χ4v) is 3.54. The van der Waals surface area contributed by atoms with Crippen molar-refractivity contribution in [1.82, 2.24) is 4.31 Å². The van der Waals surface area contributed by atoms with Crippen LogP contribution in [0.25, 0.3) is 0 Å². The summed E-state index contributed by atoms with van der Waals surface area (Å²) in [6.07, 6.45) is 0. The molecule has 1 aliphatic heterocycles. The van der Waals surface area contributed by atoms with Gasteiger partial charge < -0.3 is 5.11 Å². The molecule has 8 heteroatoms. The van der Waals surface area contributed by atoms with Crippen molar-refractivity contribution in [1.29, 1.82) is 0 Å². The SMILES string of the molecule is Cc1ccc(S(=O)(=O)N2CC(CO)C2)cc1[N+](=O)[O-]. The highest BCUT2D eigenvalue weighted by Gasteiger charge is 2.36. The lowest BCUT2D eigenvalue weighted by Crippen LogP contribution is -2.51. The number of aryl methyl sites for hydroxylation is 1. The summed E-state index contributed by atoms with van der Waals surface area (Å²) < 4.78 is 25.6. The molecule has 104 valence electrons. The number of nitro benzene ring substituents is 1. The van der Waals surface area contributed by atoms with E-state index in [1.54, 1.807) is 6.92 Å². The van der Waals surface area contributed by atoms with Crippen molar-refractivity contribution in [2.45, 2.75) is 11.8 Å². The van der Waals surface area contributed by atoms with Gasteiger partial charge in [0.15, 0.2) is 0 Å². The summed E-state index contributed by atoms with van der Waals surface area (Å²) in [4.78, 5) is 10.1. The van der Waals surface area contributed by atoms with Gasteiger partial charge in [-0.05, 0) is 13.0 Å². The Morgan fingerprint density at radius 3 is 2.63 bits per heavy atom. The molecule has 2 rings (SSSR count). The number of nitrogens with zero attached hydrogens (tertiary/aromatic N) is 2. The van der Waals surface area contributed by atoms with E-state index in [9.17, 15) is 18.5 Å². The van der Waals surface area contributed by atoms with Gasteiger partial charge in [0.1, 0.15) is 0 Å². The Labute approximate surface area is 110 Å². The molecule has 1 saturated heterocycles. The number of aliphatic hydroxyl groups excluding tert-OH is 1. The summed E-state index contributed by atoms with van der Waals surface area (Å²) in [5, 5.41) is 19.7. The van der Waals surface area contributed by atoms with E-state index in [1.807, 2.05) is 0 Å². The second-order valence-electron chi connectivity index (χ2n) is 4.58. The molecular formula is C11H14N2O5S. The lowest BCUT2D eigenvalue weighted by Gasteiger charge is -2.36. The third-order valence-electron chi connectivity index (χ3n) is 3.20. The van der Waals surface area contributed by atoms with Crippen molar-refractivity contribution in [3.8, 4) is 0 Å². The molecule has 1 aromatic rings. The summed E-state index contributed by atoms with van der Waals surface area (Å²) in [5.74, 6) is -0.0461. The zero-order chi connectivity index (χ0) is 14.2. The number of rotatable bonds is 4. The molecule has 0 radical (unpaired) electrons. The van der Waals surface area contributed by atoms with Crippen LogP contribution >= 0.6 is 0 Å². The highest BCUT2D eigenvalue weighted by molar-refractivity contribution is 7.89. The number of aliphatic hydroxyl groups is 1. The minimum atomic E-state index is -3.70. The van der Waals surface area contributed by atoms with Crippen molar-refractivity contribution in [3.63, 3.8) is 0 Å². The van der Waals surface area contributed by atoms with E-state index < -0.39 is 14.9 Å². The van der Waals surface area contributed by atoms with Gasteiger partial charge in [0.05, 0.1) is 9.82 Å². The third-order valence-corrected chi connectivity index (χ3v) is 5.02. The molecule has 19 heavy (non-hydrogen) atoms. The molecule has 0 amide bonds. The monoisotopic (exact) mass is 286 g/mol. The Balaban J connectivity index is 2.32. The molecule has 0 unspecified atom stereocenters. The zero-order valence-corrected chi connectivity index (χ0v) is 11.1. The maximum absolute atomic E-state index is 12.2. The highest BCUT2D eigenvalue weighted by atomic mass is 32.2. The van der Waals surface area contributed by atoms with E-state index in [0.29, 0.717) is 5.56 Å². The van der Waals surface area contributed by atoms with Gasteiger partial charge in [-0.25, -0.2) is 8.42 Å². The predicted molar refractivity (Wildman–Crippen MR) is 67.2 cm³/mol. The van der Waals surface area contributed by atoms with Gasteiger partial charge in [-0.2, -0.15) is 4.31 Å². The van der Waals surface area contributed by atoms with Crippen molar-refractivity contribution in [2.24, 2.45) is 5.92 Å². The third kappa shape index (κ3) is 2.46. The first-order valence-corrected chi connectivity index (χ1v) is 7.16. The van der Waals surface area contributed by atoms with Gasteiger partial charge in [-0.1, -0.05) is 6.07 Å². The molecular weight excluding hydrogens is 272 g/mol. The first-order chi connectivity index (χ1) is 8.86. The van der Waals surface area contributed by atoms with Crippen molar-refractivity contribution < 1.29 is 18.4 Å². The maximum Gasteiger partial charge on any atom is 0.273 e.